The smallest absolute Gasteiger partial charge is 0.319 e. The van der Waals surface area contributed by atoms with Gasteiger partial charge in [0.1, 0.15) is 5.82 Å². The van der Waals surface area contributed by atoms with Crippen molar-refractivity contribution < 1.29 is 13.6 Å². The minimum atomic E-state index is -2.57. The number of likely N-dealkylation sites (tertiary alicyclic amines) is 1. The lowest BCUT2D eigenvalue weighted by Crippen LogP contribution is -2.42. The van der Waals surface area contributed by atoms with Crippen LogP contribution in [0.25, 0.3) is 0 Å². The average Bonchev–Trinajstić information content (AvgIpc) is 2.89. The third-order valence-electron chi connectivity index (χ3n) is 3.85. The minimum Gasteiger partial charge on any atom is -0.356 e. The summed E-state index contributed by atoms with van der Waals surface area (Å²) < 4.78 is 26.6. The zero-order valence-corrected chi connectivity index (χ0v) is 12.3. The van der Waals surface area contributed by atoms with E-state index in [9.17, 15) is 13.6 Å². The van der Waals surface area contributed by atoms with Crippen LogP contribution >= 0.6 is 0 Å². The fraction of sp³-hybridized carbons (Fsp3) is 0.714. The number of hydrogen-bond donors (Lipinski definition) is 1. The Labute approximate surface area is 123 Å². The molecule has 21 heavy (non-hydrogen) atoms. The van der Waals surface area contributed by atoms with Crippen molar-refractivity contribution in [2.75, 3.05) is 13.1 Å². The molecule has 1 aliphatic rings. The molecule has 0 spiro atoms. The molecule has 0 unspecified atom stereocenters. The number of rotatable bonds is 6. The van der Waals surface area contributed by atoms with Gasteiger partial charge in [-0.2, -0.15) is 8.78 Å². The number of piperidine rings is 1. The van der Waals surface area contributed by atoms with Crippen molar-refractivity contribution in [3.63, 3.8) is 0 Å². The van der Waals surface area contributed by atoms with Gasteiger partial charge in [0.2, 0.25) is 5.91 Å². The monoisotopic (exact) mass is 300 g/mol. The molecule has 1 aromatic rings. The first kappa shape index (κ1) is 15.9. The summed E-state index contributed by atoms with van der Waals surface area (Å²) in [5.41, 5.74) is 0. The van der Waals surface area contributed by atoms with Crippen LogP contribution in [0.4, 0.5) is 8.78 Å². The van der Waals surface area contributed by atoms with Crippen LogP contribution in [0.2, 0.25) is 0 Å². The van der Waals surface area contributed by atoms with E-state index in [-0.39, 0.29) is 11.9 Å². The molecular formula is C14H22F2N4O. The van der Waals surface area contributed by atoms with E-state index in [0.29, 0.717) is 25.3 Å². The van der Waals surface area contributed by atoms with E-state index in [4.69, 9.17) is 0 Å². The zero-order chi connectivity index (χ0) is 15.2. The summed E-state index contributed by atoms with van der Waals surface area (Å²) in [6, 6.07) is 0.105. The molecule has 1 N–H and O–H groups in total. The van der Waals surface area contributed by atoms with E-state index in [1.54, 1.807) is 0 Å². The maximum atomic E-state index is 12.9. The van der Waals surface area contributed by atoms with Crippen LogP contribution in [0.1, 0.15) is 45.0 Å². The number of carbonyl (C=O) groups is 1. The number of aromatic nitrogens is 2. The topological polar surface area (TPSA) is 50.2 Å². The highest BCUT2D eigenvalue weighted by molar-refractivity contribution is 5.76. The predicted molar refractivity (Wildman–Crippen MR) is 74.8 cm³/mol. The average molecular weight is 300 g/mol. The second-order valence-corrected chi connectivity index (χ2v) is 5.31. The van der Waals surface area contributed by atoms with Crippen molar-refractivity contribution in [1.82, 2.24) is 19.8 Å². The van der Waals surface area contributed by atoms with Crippen molar-refractivity contribution in [2.45, 2.75) is 51.7 Å². The van der Waals surface area contributed by atoms with Crippen LogP contribution < -0.4 is 5.32 Å². The van der Waals surface area contributed by atoms with Gasteiger partial charge >= 0.3 is 6.55 Å². The third-order valence-corrected chi connectivity index (χ3v) is 3.85. The highest BCUT2D eigenvalue weighted by atomic mass is 19.3. The Kier molecular flexibility index (Phi) is 5.67. The molecular weight excluding hydrogens is 278 g/mol. The second kappa shape index (κ2) is 7.49. The number of alkyl halides is 2. The molecule has 0 saturated carbocycles. The van der Waals surface area contributed by atoms with Crippen LogP contribution in [0.3, 0.4) is 0 Å². The Morgan fingerprint density at radius 3 is 3.05 bits per heavy atom. The lowest BCUT2D eigenvalue weighted by molar-refractivity contribution is -0.122. The first-order chi connectivity index (χ1) is 10.1. The number of amides is 1. The highest BCUT2D eigenvalue weighted by Gasteiger charge is 2.26. The van der Waals surface area contributed by atoms with Crippen LogP contribution in [0.5, 0.6) is 0 Å². The third kappa shape index (κ3) is 4.23. The van der Waals surface area contributed by atoms with Gasteiger partial charge in [-0.3, -0.25) is 14.3 Å². The molecule has 2 heterocycles. The number of carbonyl (C=O) groups excluding carboxylic acids is 1. The first-order valence-electron chi connectivity index (χ1n) is 7.42. The number of nitrogens with one attached hydrogen (secondary N) is 1. The normalized spacial score (nSPS) is 19.9. The van der Waals surface area contributed by atoms with E-state index >= 15 is 0 Å². The summed E-state index contributed by atoms with van der Waals surface area (Å²) in [6.07, 6.45) is 6.13. The van der Waals surface area contributed by atoms with Gasteiger partial charge in [-0.1, -0.05) is 6.42 Å². The van der Waals surface area contributed by atoms with E-state index in [1.807, 2.05) is 6.92 Å². The first-order valence-corrected chi connectivity index (χ1v) is 7.42. The lowest BCUT2D eigenvalue weighted by atomic mass is 9.99. The molecule has 1 amide bonds. The van der Waals surface area contributed by atoms with Gasteiger partial charge in [0.05, 0.1) is 6.54 Å². The largest absolute Gasteiger partial charge is 0.356 e. The SMILES string of the molecule is CCNC(=O)C[C@H]1CCCCN1Cc1nccn1C(F)F. The fourth-order valence-corrected chi connectivity index (χ4v) is 2.81. The van der Waals surface area contributed by atoms with Crippen molar-refractivity contribution in [2.24, 2.45) is 0 Å². The molecule has 2 rings (SSSR count). The van der Waals surface area contributed by atoms with E-state index in [1.165, 1.54) is 12.4 Å². The summed E-state index contributed by atoms with van der Waals surface area (Å²) in [4.78, 5) is 17.9. The van der Waals surface area contributed by atoms with Crippen LogP contribution in [0, 0.1) is 0 Å². The fourth-order valence-electron chi connectivity index (χ4n) is 2.81. The maximum absolute atomic E-state index is 12.9. The molecule has 0 radical (unpaired) electrons. The highest BCUT2D eigenvalue weighted by Crippen LogP contribution is 2.23. The van der Waals surface area contributed by atoms with Gasteiger partial charge in [0, 0.05) is 31.4 Å². The Hall–Kier alpha value is -1.50. The number of halogens is 2. The van der Waals surface area contributed by atoms with E-state index in [0.717, 1.165) is 30.4 Å². The molecule has 5 nitrogen and oxygen atoms in total. The van der Waals surface area contributed by atoms with Crippen molar-refractivity contribution >= 4 is 5.91 Å². The summed E-state index contributed by atoms with van der Waals surface area (Å²) >= 11 is 0. The molecule has 1 fully saturated rings. The Balaban J connectivity index is 2.01. The maximum Gasteiger partial charge on any atom is 0.319 e. The minimum absolute atomic E-state index is 0.0200. The Morgan fingerprint density at radius 1 is 1.52 bits per heavy atom. The molecule has 118 valence electrons. The van der Waals surface area contributed by atoms with Gasteiger partial charge < -0.3 is 5.32 Å². The standard InChI is InChI=1S/C14H22F2N4O/c1-2-17-13(21)9-11-5-3-4-7-19(11)10-12-18-6-8-20(12)14(15)16/h6,8,11,14H,2-5,7,9-10H2,1H3,(H,17,21)/t11-/m1/s1. The molecule has 0 bridgehead atoms. The Bertz CT molecular complexity index is 464. The zero-order valence-electron chi connectivity index (χ0n) is 12.3. The van der Waals surface area contributed by atoms with Gasteiger partial charge in [0.25, 0.3) is 0 Å². The van der Waals surface area contributed by atoms with Gasteiger partial charge in [-0.15, -0.1) is 0 Å². The molecule has 0 aromatic carbocycles. The number of hydrogen-bond acceptors (Lipinski definition) is 3. The molecule has 1 atom stereocenters. The van der Waals surface area contributed by atoms with Gasteiger partial charge in [0.15, 0.2) is 0 Å². The molecule has 1 saturated heterocycles. The predicted octanol–water partition coefficient (Wildman–Crippen LogP) is 2.16. The van der Waals surface area contributed by atoms with Crippen molar-refractivity contribution in [3.8, 4) is 0 Å². The lowest BCUT2D eigenvalue weighted by Gasteiger charge is -2.35. The van der Waals surface area contributed by atoms with Crippen LogP contribution in [0.15, 0.2) is 12.4 Å². The van der Waals surface area contributed by atoms with Crippen molar-refractivity contribution in [3.05, 3.63) is 18.2 Å². The van der Waals surface area contributed by atoms with Crippen molar-refractivity contribution in [1.29, 1.82) is 0 Å². The molecule has 1 aliphatic heterocycles. The summed E-state index contributed by atoms with van der Waals surface area (Å²) in [5.74, 6) is 0.374. The van der Waals surface area contributed by atoms with E-state index < -0.39 is 6.55 Å². The molecule has 0 aliphatic carbocycles. The quantitative estimate of drug-likeness (QED) is 0.876. The van der Waals surface area contributed by atoms with Gasteiger partial charge in [-0.25, -0.2) is 4.98 Å². The number of nitrogens with zero attached hydrogens (tertiary/aromatic N) is 3. The summed E-state index contributed by atoms with van der Waals surface area (Å²) in [5, 5.41) is 2.80. The van der Waals surface area contributed by atoms with Crippen LogP contribution in [-0.2, 0) is 11.3 Å². The molecule has 7 heteroatoms. The molecule has 1 aromatic heterocycles. The van der Waals surface area contributed by atoms with Crippen LogP contribution in [-0.4, -0.2) is 39.5 Å². The van der Waals surface area contributed by atoms with Gasteiger partial charge in [-0.05, 0) is 26.3 Å². The second-order valence-electron chi connectivity index (χ2n) is 5.31. The van der Waals surface area contributed by atoms with E-state index in [2.05, 4.69) is 15.2 Å². The summed E-state index contributed by atoms with van der Waals surface area (Å²) in [6.45, 7) is 1.10. The summed E-state index contributed by atoms with van der Waals surface area (Å²) in [7, 11) is 0. The number of imidazole rings is 1. The Morgan fingerprint density at radius 2 is 2.33 bits per heavy atom.